The van der Waals surface area contributed by atoms with Crippen molar-refractivity contribution in [3.05, 3.63) is 28.2 Å². The fourth-order valence-electron chi connectivity index (χ4n) is 1.79. The third-order valence-corrected chi connectivity index (χ3v) is 3.24. The number of carbonyl (C=O) groups excluding carboxylic acids is 2. The van der Waals surface area contributed by atoms with Crippen molar-refractivity contribution < 1.29 is 19.5 Å². The van der Waals surface area contributed by atoms with Gasteiger partial charge < -0.3 is 10.4 Å². The van der Waals surface area contributed by atoms with E-state index in [9.17, 15) is 14.4 Å². The molecular formula is C14H17BrN2O4. The molecular weight excluding hydrogens is 340 g/mol. The number of rotatable bonds is 5. The third-order valence-electron chi connectivity index (χ3n) is 2.75. The normalized spacial score (nSPS) is 11.6. The van der Waals surface area contributed by atoms with Gasteiger partial charge in [0.25, 0.3) is 0 Å². The molecule has 1 aromatic rings. The fourth-order valence-corrected chi connectivity index (χ4v) is 2.26. The molecule has 0 saturated carbocycles. The van der Waals surface area contributed by atoms with Gasteiger partial charge >= 0.3 is 12.0 Å². The molecule has 0 radical (unpaired) electrons. The molecule has 1 atom stereocenters. The minimum absolute atomic E-state index is 0.0148. The molecule has 0 aliphatic heterocycles. The van der Waals surface area contributed by atoms with Crippen molar-refractivity contribution >= 4 is 39.5 Å². The second-order valence-electron chi connectivity index (χ2n) is 4.87. The lowest BCUT2D eigenvalue weighted by Gasteiger charge is -2.11. The Balaban J connectivity index is 2.49. The number of anilines is 1. The first kappa shape index (κ1) is 17.2. The van der Waals surface area contributed by atoms with Gasteiger partial charge in [-0.05, 0) is 36.6 Å². The van der Waals surface area contributed by atoms with E-state index in [0.717, 1.165) is 10.0 Å². The van der Waals surface area contributed by atoms with E-state index in [0.29, 0.717) is 5.69 Å². The molecule has 0 heterocycles. The van der Waals surface area contributed by atoms with Gasteiger partial charge in [0.2, 0.25) is 5.91 Å². The summed E-state index contributed by atoms with van der Waals surface area (Å²) in [7, 11) is 0. The van der Waals surface area contributed by atoms with Crippen molar-refractivity contribution in [2.24, 2.45) is 5.92 Å². The number of carboxylic acids is 1. The first-order valence-electron chi connectivity index (χ1n) is 6.36. The summed E-state index contributed by atoms with van der Waals surface area (Å²) in [5, 5.41) is 13.4. The van der Waals surface area contributed by atoms with Crippen molar-refractivity contribution in [3.8, 4) is 0 Å². The van der Waals surface area contributed by atoms with E-state index >= 15 is 0 Å². The second kappa shape index (κ2) is 7.78. The minimum atomic E-state index is -0.967. The second-order valence-corrected chi connectivity index (χ2v) is 5.78. The molecule has 1 aromatic carbocycles. The quantitative estimate of drug-likeness (QED) is 0.755. The van der Waals surface area contributed by atoms with Gasteiger partial charge in [-0.25, -0.2) is 4.79 Å². The summed E-state index contributed by atoms with van der Waals surface area (Å²) in [5.74, 6) is -1.80. The zero-order valence-electron chi connectivity index (χ0n) is 11.8. The van der Waals surface area contributed by atoms with E-state index in [1.165, 1.54) is 0 Å². The highest BCUT2D eigenvalue weighted by Gasteiger charge is 2.15. The van der Waals surface area contributed by atoms with Crippen LogP contribution in [0.15, 0.2) is 22.7 Å². The van der Waals surface area contributed by atoms with Crippen molar-refractivity contribution in [2.45, 2.75) is 26.7 Å². The molecule has 0 aliphatic carbocycles. The maximum absolute atomic E-state index is 11.7. The van der Waals surface area contributed by atoms with Crippen LogP contribution >= 0.6 is 15.9 Å². The van der Waals surface area contributed by atoms with Crippen LogP contribution in [0, 0.1) is 12.8 Å². The number of imide groups is 1. The van der Waals surface area contributed by atoms with E-state index in [-0.39, 0.29) is 18.8 Å². The Kier molecular flexibility index (Phi) is 6.36. The third kappa shape index (κ3) is 6.40. The average Bonchev–Trinajstić information content (AvgIpc) is 2.31. The molecule has 1 rings (SSSR count). The maximum atomic E-state index is 11.7. The van der Waals surface area contributed by atoms with Crippen molar-refractivity contribution in [1.82, 2.24) is 5.32 Å². The van der Waals surface area contributed by atoms with E-state index < -0.39 is 17.9 Å². The predicted octanol–water partition coefficient (Wildman–Crippen LogP) is 2.91. The van der Waals surface area contributed by atoms with Crippen molar-refractivity contribution in [2.75, 3.05) is 5.32 Å². The van der Waals surface area contributed by atoms with Crippen LogP contribution in [0.5, 0.6) is 0 Å². The predicted molar refractivity (Wildman–Crippen MR) is 82.1 cm³/mol. The Morgan fingerprint density at radius 3 is 2.52 bits per heavy atom. The minimum Gasteiger partial charge on any atom is -0.481 e. The average molecular weight is 357 g/mol. The molecule has 6 nitrogen and oxygen atoms in total. The van der Waals surface area contributed by atoms with Gasteiger partial charge in [0.15, 0.2) is 0 Å². The molecule has 114 valence electrons. The zero-order chi connectivity index (χ0) is 16.0. The molecule has 0 spiro atoms. The fraction of sp³-hybridized carbons (Fsp3) is 0.357. The van der Waals surface area contributed by atoms with Gasteiger partial charge in [0.1, 0.15) is 0 Å². The molecule has 0 aliphatic rings. The number of carboxylic acid groups (broad SMARTS) is 1. The van der Waals surface area contributed by atoms with Crippen molar-refractivity contribution in [1.29, 1.82) is 0 Å². The number of hydrogen-bond acceptors (Lipinski definition) is 3. The lowest BCUT2D eigenvalue weighted by atomic mass is 10.0. The number of nitrogens with one attached hydrogen (secondary N) is 2. The lowest BCUT2D eigenvalue weighted by molar-refractivity contribution is -0.138. The summed E-state index contributed by atoms with van der Waals surface area (Å²) in [4.78, 5) is 33.8. The molecule has 1 unspecified atom stereocenters. The maximum Gasteiger partial charge on any atom is 0.325 e. The smallest absolute Gasteiger partial charge is 0.325 e. The summed E-state index contributed by atoms with van der Waals surface area (Å²) in [6.45, 7) is 3.47. The standard InChI is InChI=1S/C14H17BrN2O4/c1-8(6-13(19)20)5-12(18)17-14(21)16-11-4-3-10(15)7-9(11)2/h3-4,7-8H,5-6H2,1-2H3,(H,19,20)(H2,16,17,18,21). The molecule has 21 heavy (non-hydrogen) atoms. The van der Waals surface area contributed by atoms with Crippen LogP contribution in [0.1, 0.15) is 25.3 Å². The SMILES string of the molecule is Cc1cc(Br)ccc1NC(=O)NC(=O)CC(C)CC(=O)O. The highest BCUT2D eigenvalue weighted by atomic mass is 79.9. The largest absolute Gasteiger partial charge is 0.481 e. The lowest BCUT2D eigenvalue weighted by Crippen LogP contribution is -2.35. The topological polar surface area (TPSA) is 95.5 Å². The first-order chi connectivity index (χ1) is 9.77. The highest BCUT2D eigenvalue weighted by molar-refractivity contribution is 9.10. The molecule has 0 saturated heterocycles. The number of benzene rings is 1. The van der Waals surface area contributed by atoms with Crippen LogP contribution in [0.4, 0.5) is 10.5 Å². The Morgan fingerprint density at radius 1 is 1.29 bits per heavy atom. The molecule has 0 fully saturated rings. The van der Waals surface area contributed by atoms with Gasteiger partial charge in [-0.1, -0.05) is 22.9 Å². The summed E-state index contributed by atoms with van der Waals surface area (Å²) >= 11 is 3.32. The van der Waals surface area contributed by atoms with Crippen LogP contribution in [-0.2, 0) is 9.59 Å². The molecule has 3 N–H and O–H groups in total. The van der Waals surface area contributed by atoms with Crippen LogP contribution in [0.3, 0.4) is 0 Å². The van der Waals surface area contributed by atoms with E-state index in [1.54, 1.807) is 19.1 Å². The molecule has 0 bridgehead atoms. The number of carbonyl (C=O) groups is 3. The molecule has 0 aromatic heterocycles. The number of halogens is 1. The van der Waals surface area contributed by atoms with Crippen LogP contribution < -0.4 is 10.6 Å². The highest BCUT2D eigenvalue weighted by Crippen LogP contribution is 2.19. The van der Waals surface area contributed by atoms with Gasteiger partial charge in [0.05, 0.1) is 0 Å². The Hall–Kier alpha value is -1.89. The van der Waals surface area contributed by atoms with Crippen LogP contribution in [-0.4, -0.2) is 23.0 Å². The summed E-state index contributed by atoms with van der Waals surface area (Å²) in [6, 6.07) is 4.70. The van der Waals surface area contributed by atoms with E-state index in [4.69, 9.17) is 5.11 Å². The molecule has 7 heteroatoms. The molecule has 3 amide bonds. The Morgan fingerprint density at radius 2 is 1.95 bits per heavy atom. The van der Waals surface area contributed by atoms with Gasteiger partial charge in [-0.3, -0.25) is 14.9 Å². The van der Waals surface area contributed by atoms with Crippen LogP contribution in [0.2, 0.25) is 0 Å². The van der Waals surface area contributed by atoms with Gasteiger partial charge in [0, 0.05) is 23.0 Å². The van der Waals surface area contributed by atoms with E-state index in [2.05, 4.69) is 26.6 Å². The number of amides is 3. The number of urea groups is 1. The summed E-state index contributed by atoms with van der Waals surface area (Å²) in [5.41, 5.74) is 1.45. The van der Waals surface area contributed by atoms with Gasteiger partial charge in [-0.15, -0.1) is 0 Å². The Labute approximate surface area is 131 Å². The monoisotopic (exact) mass is 356 g/mol. The summed E-state index contributed by atoms with van der Waals surface area (Å²) in [6.07, 6.45) is -0.125. The van der Waals surface area contributed by atoms with E-state index in [1.807, 2.05) is 13.0 Å². The summed E-state index contributed by atoms with van der Waals surface area (Å²) < 4.78 is 0.893. The first-order valence-corrected chi connectivity index (χ1v) is 7.16. The number of aliphatic carboxylic acids is 1. The van der Waals surface area contributed by atoms with Crippen LogP contribution in [0.25, 0.3) is 0 Å². The number of hydrogen-bond donors (Lipinski definition) is 3. The zero-order valence-corrected chi connectivity index (χ0v) is 13.4. The Bertz CT molecular complexity index is 560. The number of aryl methyl sites for hydroxylation is 1. The van der Waals surface area contributed by atoms with Crippen molar-refractivity contribution in [3.63, 3.8) is 0 Å². The van der Waals surface area contributed by atoms with Gasteiger partial charge in [-0.2, -0.15) is 0 Å².